The van der Waals surface area contributed by atoms with Crippen LogP contribution in [0, 0.1) is 10.1 Å². The number of nitro benzene ring substituents is 1. The van der Waals surface area contributed by atoms with Crippen molar-refractivity contribution in [3.05, 3.63) is 56.2 Å². The van der Waals surface area contributed by atoms with Gasteiger partial charge in [-0.2, -0.15) is 5.10 Å². The fourth-order valence-electron chi connectivity index (χ4n) is 1.45. The Bertz CT molecular complexity index is 701. The van der Waals surface area contributed by atoms with Crippen LogP contribution in [0.5, 0.6) is 5.75 Å². The molecule has 0 saturated carbocycles. The number of nitro groups is 1. The lowest BCUT2D eigenvalue weighted by Gasteiger charge is -2.01. The van der Waals surface area contributed by atoms with Crippen LogP contribution in [0.1, 0.15) is 5.56 Å². The van der Waals surface area contributed by atoms with Gasteiger partial charge in [-0.15, -0.1) is 0 Å². The summed E-state index contributed by atoms with van der Waals surface area (Å²) in [5.41, 5.74) is 2.59. The van der Waals surface area contributed by atoms with Crippen LogP contribution in [0.3, 0.4) is 0 Å². The van der Waals surface area contributed by atoms with Crippen LogP contribution in [0.15, 0.2) is 35.4 Å². The topological polar surface area (TPSA) is 101 Å². The summed E-state index contributed by atoms with van der Waals surface area (Å²) in [6.45, 7) is 0. The first-order chi connectivity index (χ1) is 9.95. The van der Waals surface area contributed by atoms with Gasteiger partial charge >= 0.3 is 0 Å². The van der Waals surface area contributed by atoms with Crippen molar-refractivity contribution in [2.24, 2.45) is 5.10 Å². The minimum atomic E-state index is -0.567. The Morgan fingerprint density at radius 2 is 2.10 bits per heavy atom. The standard InChI is InChI=1S/C12H8Cl2N4O3/c13-8-4-11(14)16-12(5-8)17-15-6-7-3-9(18(20)21)1-2-10(7)19/h1-6,19H,(H,16,17)/b15-6+. The van der Waals surface area contributed by atoms with Crippen molar-refractivity contribution in [1.82, 2.24) is 4.98 Å². The number of non-ortho nitro benzene ring substituents is 1. The van der Waals surface area contributed by atoms with E-state index in [1.807, 2.05) is 0 Å². The second-order valence-electron chi connectivity index (χ2n) is 3.86. The summed E-state index contributed by atoms with van der Waals surface area (Å²) in [6, 6.07) is 6.56. The monoisotopic (exact) mass is 326 g/mol. The fourth-order valence-corrected chi connectivity index (χ4v) is 1.92. The number of anilines is 1. The van der Waals surface area contributed by atoms with Crippen molar-refractivity contribution >= 4 is 40.9 Å². The zero-order chi connectivity index (χ0) is 15.4. The molecule has 0 atom stereocenters. The summed E-state index contributed by atoms with van der Waals surface area (Å²) in [5, 5.41) is 24.7. The molecule has 0 aliphatic heterocycles. The van der Waals surface area contributed by atoms with E-state index in [1.54, 1.807) is 0 Å². The van der Waals surface area contributed by atoms with Crippen LogP contribution in [-0.2, 0) is 0 Å². The van der Waals surface area contributed by atoms with Gasteiger partial charge in [0.25, 0.3) is 5.69 Å². The van der Waals surface area contributed by atoms with Gasteiger partial charge < -0.3 is 5.11 Å². The Kier molecular flexibility index (Phi) is 4.56. The van der Waals surface area contributed by atoms with Crippen LogP contribution in [0.2, 0.25) is 10.2 Å². The van der Waals surface area contributed by atoms with Crippen molar-refractivity contribution in [3.63, 3.8) is 0 Å². The highest BCUT2D eigenvalue weighted by molar-refractivity contribution is 6.34. The van der Waals surface area contributed by atoms with Crippen LogP contribution in [0.4, 0.5) is 11.5 Å². The number of phenols is 1. The van der Waals surface area contributed by atoms with E-state index in [2.05, 4.69) is 15.5 Å². The molecule has 9 heteroatoms. The zero-order valence-corrected chi connectivity index (χ0v) is 11.8. The SMILES string of the molecule is O=[N+]([O-])c1ccc(O)c(/C=N/Nc2cc(Cl)cc(Cl)n2)c1. The molecule has 0 radical (unpaired) electrons. The number of nitrogens with zero attached hydrogens (tertiary/aromatic N) is 3. The number of hydrogen-bond donors (Lipinski definition) is 2. The molecule has 7 nitrogen and oxygen atoms in total. The average molecular weight is 327 g/mol. The van der Waals surface area contributed by atoms with Crippen molar-refractivity contribution in [1.29, 1.82) is 0 Å². The van der Waals surface area contributed by atoms with Crippen LogP contribution < -0.4 is 5.43 Å². The van der Waals surface area contributed by atoms with Crippen LogP contribution in [0.25, 0.3) is 0 Å². The van der Waals surface area contributed by atoms with Crippen LogP contribution >= 0.6 is 23.2 Å². The zero-order valence-electron chi connectivity index (χ0n) is 10.3. The van der Waals surface area contributed by atoms with E-state index in [9.17, 15) is 15.2 Å². The maximum absolute atomic E-state index is 10.7. The smallest absolute Gasteiger partial charge is 0.270 e. The van der Waals surface area contributed by atoms with Gasteiger partial charge in [0.05, 0.1) is 11.1 Å². The van der Waals surface area contributed by atoms with E-state index < -0.39 is 4.92 Å². The predicted molar refractivity (Wildman–Crippen MR) is 80.2 cm³/mol. The Hall–Kier alpha value is -2.38. The Labute approximate surface area is 129 Å². The fraction of sp³-hybridized carbons (Fsp3) is 0. The number of pyridine rings is 1. The van der Waals surface area contributed by atoms with E-state index in [1.165, 1.54) is 36.5 Å². The lowest BCUT2D eigenvalue weighted by Crippen LogP contribution is -1.95. The predicted octanol–water partition coefficient (Wildman–Crippen LogP) is 3.45. The molecule has 0 aliphatic carbocycles. The molecule has 2 rings (SSSR count). The van der Waals surface area contributed by atoms with Crippen molar-refractivity contribution in [2.75, 3.05) is 5.43 Å². The first-order valence-corrected chi connectivity index (χ1v) is 6.31. The van der Waals surface area contributed by atoms with Crippen molar-refractivity contribution in [2.45, 2.75) is 0 Å². The van der Waals surface area contributed by atoms with Crippen LogP contribution in [-0.4, -0.2) is 21.2 Å². The van der Waals surface area contributed by atoms with Gasteiger partial charge in [-0.1, -0.05) is 23.2 Å². The van der Waals surface area contributed by atoms with Gasteiger partial charge in [-0.25, -0.2) is 4.98 Å². The molecule has 1 aromatic carbocycles. The summed E-state index contributed by atoms with van der Waals surface area (Å²) in [7, 11) is 0. The lowest BCUT2D eigenvalue weighted by molar-refractivity contribution is -0.384. The molecule has 2 aromatic rings. The Morgan fingerprint density at radius 1 is 1.33 bits per heavy atom. The number of phenolic OH excluding ortho intramolecular Hbond substituents is 1. The molecule has 0 spiro atoms. The van der Waals surface area contributed by atoms with Gasteiger partial charge in [0.2, 0.25) is 0 Å². The van der Waals surface area contributed by atoms with E-state index in [4.69, 9.17) is 23.2 Å². The molecule has 21 heavy (non-hydrogen) atoms. The molecule has 108 valence electrons. The lowest BCUT2D eigenvalue weighted by atomic mass is 10.2. The molecule has 2 N–H and O–H groups in total. The average Bonchev–Trinajstić information content (AvgIpc) is 2.39. The first kappa shape index (κ1) is 15.0. The molecule has 0 amide bonds. The van der Waals surface area contributed by atoms with Gasteiger partial charge in [0, 0.05) is 28.8 Å². The number of halogens is 2. The van der Waals surface area contributed by atoms with Gasteiger partial charge in [-0.05, 0) is 12.1 Å². The second-order valence-corrected chi connectivity index (χ2v) is 4.69. The number of rotatable bonds is 4. The third-order valence-electron chi connectivity index (χ3n) is 2.36. The maximum atomic E-state index is 10.7. The number of hydrogen-bond acceptors (Lipinski definition) is 6. The third kappa shape index (κ3) is 4.04. The van der Waals surface area contributed by atoms with Gasteiger partial charge in [-0.3, -0.25) is 15.5 Å². The third-order valence-corrected chi connectivity index (χ3v) is 2.78. The van der Waals surface area contributed by atoms with E-state index >= 15 is 0 Å². The molecule has 0 unspecified atom stereocenters. The minimum Gasteiger partial charge on any atom is -0.507 e. The molecular weight excluding hydrogens is 319 g/mol. The van der Waals surface area contributed by atoms with Gasteiger partial charge in [0.15, 0.2) is 0 Å². The number of nitrogens with one attached hydrogen (secondary N) is 1. The Morgan fingerprint density at radius 3 is 2.76 bits per heavy atom. The summed E-state index contributed by atoms with van der Waals surface area (Å²) >= 11 is 11.5. The highest BCUT2D eigenvalue weighted by Gasteiger charge is 2.08. The van der Waals surface area contributed by atoms with Gasteiger partial charge in [0.1, 0.15) is 16.7 Å². The summed E-state index contributed by atoms with van der Waals surface area (Å²) in [5.74, 6) is 0.164. The van der Waals surface area contributed by atoms with E-state index in [0.29, 0.717) is 10.8 Å². The van der Waals surface area contributed by atoms with Crippen molar-refractivity contribution < 1.29 is 10.0 Å². The maximum Gasteiger partial charge on any atom is 0.270 e. The highest BCUT2D eigenvalue weighted by atomic mass is 35.5. The number of benzene rings is 1. The molecular formula is C12H8Cl2N4O3. The summed E-state index contributed by atoms with van der Waals surface area (Å²) in [6.07, 6.45) is 1.22. The minimum absolute atomic E-state index is 0.136. The molecule has 0 fully saturated rings. The second kappa shape index (κ2) is 6.38. The molecule has 0 aliphatic rings. The summed E-state index contributed by atoms with van der Waals surface area (Å²) in [4.78, 5) is 14.0. The van der Waals surface area contributed by atoms with Crippen molar-refractivity contribution in [3.8, 4) is 5.75 Å². The molecule has 0 saturated heterocycles. The summed E-state index contributed by atoms with van der Waals surface area (Å²) < 4.78 is 0. The Balaban J connectivity index is 2.17. The quantitative estimate of drug-likeness (QED) is 0.388. The highest BCUT2D eigenvalue weighted by Crippen LogP contribution is 2.22. The largest absolute Gasteiger partial charge is 0.507 e. The van der Waals surface area contributed by atoms with E-state index in [-0.39, 0.29) is 22.2 Å². The number of hydrazone groups is 1. The van der Waals surface area contributed by atoms with E-state index in [0.717, 1.165) is 0 Å². The number of aromatic nitrogens is 1. The first-order valence-electron chi connectivity index (χ1n) is 5.55. The normalized spacial score (nSPS) is 10.8. The molecule has 1 aromatic heterocycles. The molecule has 1 heterocycles. The molecule has 0 bridgehead atoms. The number of aromatic hydroxyl groups is 1.